The van der Waals surface area contributed by atoms with Crippen molar-refractivity contribution in [2.24, 2.45) is 0 Å². The Balaban J connectivity index is 2.40. The van der Waals surface area contributed by atoms with Crippen LogP contribution in [0, 0.1) is 12.7 Å². The van der Waals surface area contributed by atoms with Gasteiger partial charge >= 0.3 is 0 Å². The van der Waals surface area contributed by atoms with Crippen LogP contribution in [0.1, 0.15) is 5.69 Å². The van der Waals surface area contributed by atoms with Crippen LogP contribution < -0.4 is 10.5 Å². The number of aryl methyl sites for hydroxylation is 1. The molecule has 7 nitrogen and oxygen atoms in total. The lowest BCUT2D eigenvalue weighted by atomic mass is 10.4. The molecule has 0 atom stereocenters. The van der Waals surface area contributed by atoms with Crippen LogP contribution in [0.15, 0.2) is 23.4 Å². The SMILES string of the molecule is Cc1[nH]nc(NS(=O)(=O)c2ncccc2F)c1N. The summed E-state index contributed by atoms with van der Waals surface area (Å²) in [6, 6.07) is 2.29. The molecule has 2 rings (SSSR count). The quantitative estimate of drug-likeness (QED) is 0.757. The molecule has 0 amide bonds. The molecule has 0 aliphatic carbocycles. The Kier molecular flexibility index (Phi) is 2.91. The Morgan fingerprint density at radius 3 is 2.78 bits per heavy atom. The smallest absolute Gasteiger partial charge is 0.283 e. The molecular formula is C9H10FN5O2S. The number of sulfonamides is 1. The van der Waals surface area contributed by atoms with Gasteiger partial charge in [-0.1, -0.05) is 0 Å². The summed E-state index contributed by atoms with van der Waals surface area (Å²) in [6.07, 6.45) is 1.18. The van der Waals surface area contributed by atoms with E-state index in [0.29, 0.717) is 5.69 Å². The highest BCUT2D eigenvalue weighted by atomic mass is 32.2. The van der Waals surface area contributed by atoms with E-state index in [4.69, 9.17) is 5.73 Å². The molecule has 0 aliphatic rings. The number of halogens is 1. The van der Waals surface area contributed by atoms with E-state index in [2.05, 4.69) is 19.9 Å². The molecule has 4 N–H and O–H groups in total. The van der Waals surface area contributed by atoms with Gasteiger partial charge in [-0.05, 0) is 19.1 Å². The number of anilines is 2. The fourth-order valence-electron chi connectivity index (χ4n) is 1.26. The molecule has 0 unspecified atom stereocenters. The number of hydrogen-bond acceptors (Lipinski definition) is 5. The first-order valence-corrected chi connectivity index (χ1v) is 6.34. The Morgan fingerprint density at radius 2 is 2.22 bits per heavy atom. The van der Waals surface area contributed by atoms with E-state index < -0.39 is 20.9 Å². The van der Waals surface area contributed by atoms with Gasteiger partial charge in [-0.3, -0.25) is 9.82 Å². The van der Waals surface area contributed by atoms with Gasteiger partial charge in [0.25, 0.3) is 10.0 Å². The van der Waals surface area contributed by atoms with Gasteiger partial charge < -0.3 is 5.73 Å². The monoisotopic (exact) mass is 271 g/mol. The molecule has 9 heteroatoms. The highest BCUT2D eigenvalue weighted by Gasteiger charge is 2.22. The minimum Gasteiger partial charge on any atom is -0.394 e. The first kappa shape index (κ1) is 12.3. The number of nitrogens with two attached hydrogens (primary N) is 1. The lowest BCUT2D eigenvalue weighted by Crippen LogP contribution is -2.17. The number of hydrogen-bond donors (Lipinski definition) is 3. The summed E-state index contributed by atoms with van der Waals surface area (Å²) >= 11 is 0. The normalized spacial score (nSPS) is 11.4. The maximum Gasteiger partial charge on any atom is 0.283 e. The average Bonchev–Trinajstić information content (AvgIpc) is 2.61. The first-order valence-electron chi connectivity index (χ1n) is 4.85. The van der Waals surface area contributed by atoms with Crippen molar-refractivity contribution in [2.75, 3.05) is 10.5 Å². The number of rotatable bonds is 3. The first-order chi connectivity index (χ1) is 8.42. The second-order valence-electron chi connectivity index (χ2n) is 3.51. The minimum atomic E-state index is -4.15. The number of aromatic nitrogens is 3. The zero-order valence-electron chi connectivity index (χ0n) is 9.31. The van der Waals surface area contributed by atoms with E-state index in [0.717, 1.165) is 6.07 Å². The molecule has 96 valence electrons. The van der Waals surface area contributed by atoms with Gasteiger partial charge in [0, 0.05) is 6.20 Å². The van der Waals surface area contributed by atoms with Crippen molar-refractivity contribution in [1.29, 1.82) is 0 Å². The average molecular weight is 271 g/mol. The lowest BCUT2D eigenvalue weighted by molar-refractivity contribution is 0.556. The van der Waals surface area contributed by atoms with Crippen LogP contribution in [0.5, 0.6) is 0 Å². The molecule has 0 spiro atoms. The fraction of sp³-hybridized carbons (Fsp3) is 0.111. The number of nitrogen functional groups attached to an aromatic ring is 1. The molecule has 0 saturated heterocycles. The summed E-state index contributed by atoms with van der Waals surface area (Å²) in [6.45, 7) is 1.63. The van der Waals surface area contributed by atoms with Crippen LogP contribution in [0.4, 0.5) is 15.9 Å². The van der Waals surface area contributed by atoms with Gasteiger partial charge in [0.1, 0.15) is 0 Å². The van der Waals surface area contributed by atoms with Crippen molar-refractivity contribution >= 4 is 21.5 Å². The van der Waals surface area contributed by atoms with Crippen molar-refractivity contribution in [2.45, 2.75) is 11.9 Å². The zero-order chi connectivity index (χ0) is 13.3. The third-order valence-electron chi connectivity index (χ3n) is 2.20. The zero-order valence-corrected chi connectivity index (χ0v) is 10.1. The third-order valence-corrected chi connectivity index (χ3v) is 3.48. The van der Waals surface area contributed by atoms with Crippen molar-refractivity contribution in [3.63, 3.8) is 0 Å². The predicted octanol–water partition coefficient (Wildman–Crippen LogP) is 0.635. The largest absolute Gasteiger partial charge is 0.394 e. The molecule has 2 heterocycles. The van der Waals surface area contributed by atoms with Crippen LogP contribution in [0.3, 0.4) is 0 Å². The van der Waals surface area contributed by atoms with Gasteiger partial charge in [-0.25, -0.2) is 9.37 Å². The number of pyridine rings is 1. The molecular weight excluding hydrogens is 261 g/mol. The molecule has 18 heavy (non-hydrogen) atoms. The highest BCUT2D eigenvalue weighted by molar-refractivity contribution is 7.92. The molecule has 0 radical (unpaired) electrons. The predicted molar refractivity (Wildman–Crippen MR) is 62.7 cm³/mol. The number of aromatic amines is 1. The number of H-pyrrole nitrogens is 1. The molecule has 2 aromatic rings. The minimum absolute atomic E-state index is 0.0856. The van der Waals surface area contributed by atoms with Gasteiger partial charge in [0.2, 0.25) is 5.03 Å². The summed E-state index contributed by atoms with van der Waals surface area (Å²) < 4.78 is 39.1. The molecule has 0 bridgehead atoms. The van der Waals surface area contributed by atoms with Crippen molar-refractivity contribution < 1.29 is 12.8 Å². The summed E-state index contributed by atoms with van der Waals surface area (Å²) in [5, 5.41) is 5.47. The van der Waals surface area contributed by atoms with Crippen LogP contribution >= 0.6 is 0 Å². The number of nitrogens with zero attached hydrogens (tertiary/aromatic N) is 2. The molecule has 0 saturated carbocycles. The van der Waals surface area contributed by atoms with Gasteiger partial charge in [-0.2, -0.15) is 13.5 Å². The summed E-state index contributed by atoms with van der Waals surface area (Å²) in [7, 11) is -4.15. The van der Waals surface area contributed by atoms with Crippen LogP contribution in [0.25, 0.3) is 0 Å². The van der Waals surface area contributed by atoms with Gasteiger partial charge in [-0.15, -0.1) is 0 Å². The summed E-state index contributed by atoms with van der Waals surface area (Å²) in [5.74, 6) is -1.03. The maximum absolute atomic E-state index is 13.4. The maximum atomic E-state index is 13.4. The second kappa shape index (κ2) is 4.26. The van der Waals surface area contributed by atoms with E-state index in [1.807, 2.05) is 0 Å². The van der Waals surface area contributed by atoms with Gasteiger partial charge in [0.15, 0.2) is 11.6 Å². The molecule has 0 aromatic carbocycles. The standard InChI is InChI=1S/C9H10FN5O2S/c1-5-7(11)8(14-13-5)15-18(16,17)9-6(10)3-2-4-12-9/h2-4H,11H2,1H3,(H2,13,14,15). The van der Waals surface area contributed by atoms with E-state index in [1.165, 1.54) is 12.3 Å². The Morgan fingerprint density at radius 1 is 1.50 bits per heavy atom. The number of nitrogens with one attached hydrogen (secondary N) is 2. The lowest BCUT2D eigenvalue weighted by Gasteiger charge is -2.05. The summed E-state index contributed by atoms with van der Waals surface area (Å²) in [4.78, 5) is 3.48. The van der Waals surface area contributed by atoms with Crippen molar-refractivity contribution in [3.8, 4) is 0 Å². The highest BCUT2D eigenvalue weighted by Crippen LogP contribution is 2.21. The Bertz CT molecular complexity index is 682. The van der Waals surface area contributed by atoms with Crippen LogP contribution in [0.2, 0.25) is 0 Å². The van der Waals surface area contributed by atoms with Crippen LogP contribution in [-0.2, 0) is 10.0 Å². The van der Waals surface area contributed by atoms with E-state index in [9.17, 15) is 12.8 Å². The van der Waals surface area contributed by atoms with Crippen LogP contribution in [-0.4, -0.2) is 23.6 Å². The molecule has 0 fully saturated rings. The van der Waals surface area contributed by atoms with Gasteiger partial charge in [0.05, 0.1) is 11.4 Å². The van der Waals surface area contributed by atoms with E-state index in [-0.39, 0.29) is 11.5 Å². The molecule has 2 aromatic heterocycles. The summed E-state index contributed by atoms with van der Waals surface area (Å²) in [5.41, 5.74) is 6.25. The van der Waals surface area contributed by atoms with Crippen molar-refractivity contribution in [3.05, 3.63) is 29.8 Å². The van der Waals surface area contributed by atoms with Crippen molar-refractivity contribution in [1.82, 2.24) is 15.2 Å². The second-order valence-corrected chi connectivity index (χ2v) is 5.10. The fourth-order valence-corrected chi connectivity index (χ4v) is 2.29. The third kappa shape index (κ3) is 2.12. The van der Waals surface area contributed by atoms with E-state index >= 15 is 0 Å². The Labute approximate surface area is 102 Å². The Hall–Kier alpha value is -2.16. The van der Waals surface area contributed by atoms with E-state index in [1.54, 1.807) is 6.92 Å². The molecule has 0 aliphatic heterocycles. The topological polar surface area (TPSA) is 114 Å².